The first kappa shape index (κ1) is 15.2. The van der Waals surface area contributed by atoms with Crippen molar-refractivity contribution in [3.8, 4) is 0 Å². The topological polar surface area (TPSA) is 0 Å². The van der Waals surface area contributed by atoms with Gasteiger partial charge in [-0.2, -0.15) is 0 Å². The van der Waals surface area contributed by atoms with Crippen LogP contribution in [0.15, 0.2) is 24.3 Å². The first-order valence-electron chi connectivity index (χ1n) is 5.87. The first-order chi connectivity index (χ1) is 9.32. The third-order valence-corrected chi connectivity index (χ3v) is 4.04. The van der Waals surface area contributed by atoms with Crippen LogP contribution in [-0.4, -0.2) is 0 Å². The number of alkyl halides is 1. The second-order valence-electron chi connectivity index (χ2n) is 4.59. The van der Waals surface area contributed by atoms with Crippen LogP contribution in [-0.2, 0) is 0 Å². The van der Waals surface area contributed by atoms with E-state index in [1.54, 1.807) is 26.0 Å². The van der Waals surface area contributed by atoms with Gasteiger partial charge < -0.3 is 0 Å². The van der Waals surface area contributed by atoms with E-state index in [1.165, 1.54) is 0 Å². The highest BCUT2D eigenvalue weighted by atomic mass is 35.5. The van der Waals surface area contributed by atoms with Crippen LogP contribution in [0.2, 0.25) is 5.02 Å². The highest BCUT2D eigenvalue weighted by Crippen LogP contribution is 2.35. The molecule has 0 heterocycles. The summed E-state index contributed by atoms with van der Waals surface area (Å²) in [5, 5.41) is -0.345. The molecular weight excluding hydrogens is 308 g/mol. The minimum absolute atomic E-state index is 0.101. The Labute approximate surface area is 125 Å². The largest absolute Gasteiger partial charge is 0.204 e. The van der Waals surface area contributed by atoms with E-state index in [9.17, 15) is 13.2 Å². The van der Waals surface area contributed by atoms with Crippen LogP contribution in [0.5, 0.6) is 0 Å². The Morgan fingerprint density at radius 2 is 1.55 bits per heavy atom. The molecule has 0 radical (unpaired) electrons. The lowest BCUT2D eigenvalue weighted by molar-refractivity contribution is 0.441. The van der Waals surface area contributed by atoms with Crippen LogP contribution in [0.25, 0.3) is 0 Å². The summed E-state index contributed by atoms with van der Waals surface area (Å²) in [4.78, 5) is 0. The minimum atomic E-state index is -1.52. The summed E-state index contributed by atoms with van der Waals surface area (Å²) in [7, 11) is 0. The van der Waals surface area contributed by atoms with Gasteiger partial charge in [0.2, 0.25) is 0 Å². The Balaban J connectivity index is 2.55. The fourth-order valence-corrected chi connectivity index (χ4v) is 2.60. The number of benzene rings is 2. The molecule has 0 aliphatic carbocycles. The number of hydrogen-bond donors (Lipinski definition) is 0. The molecule has 5 heteroatoms. The van der Waals surface area contributed by atoms with Crippen LogP contribution < -0.4 is 0 Å². The fourth-order valence-electron chi connectivity index (χ4n) is 1.98. The van der Waals surface area contributed by atoms with Gasteiger partial charge in [-0.3, -0.25) is 0 Å². The predicted octanol–water partition coefficient (Wildman–Crippen LogP) is 5.70. The highest BCUT2D eigenvalue weighted by Gasteiger charge is 2.22. The fraction of sp³-hybridized carbons (Fsp3) is 0.200. The lowest BCUT2D eigenvalue weighted by Crippen LogP contribution is -2.03. The van der Waals surface area contributed by atoms with Gasteiger partial charge in [-0.25, -0.2) is 13.2 Å². The molecule has 106 valence electrons. The average Bonchev–Trinajstić information content (AvgIpc) is 2.40. The molecule has 1 unspecified atom stereocenters. The smallest absolute Gasteiger partial charge is 0.194 e. The Morgan fingerprint density at radius 1 is 0.900 bits per heavy atom. The standard InChI is InChI=1S/C15H11Cl2F3/c1-7-6-11(16)8(2)5-10(7)13(17)9-3-4-12(18)15(20)14(9)19/h3-6,13H,1-2H3. The highest BCUT2D eigenvalue weighted by molar-refractivity contribution is 6.31. The second kappa shape index (κ2) is 5.66. The maximum absolute atomic E-state index is 13.8. The van der Waals surface area contributed by atoms with E-state index in [0.717, 1.165) is 23.3 Å². The Hall–Kier alpha value is -1.19. The molecule has 2 aromatic carbocycles. The molecule has 0 nitrogen and oxygen atoms in total. The summed E-state index contributed by atoms with van der Waals surface area (Å²) < 4.78 is 40.0. The molecule has 0 aliphatic heterocycles. The summed E-state index contributed by atoms with van der Waals surface area (Å²) in [5.41, 5.74) is 2.04. The summed E-state index contributed by atoms with van der Waals surface area (Å²) >= 11 is 12.2. The molecule has 0 aromatic heterocycles. The lowest BCUT2D eigenvalue weighted by atomic mass is 9.97. The normalized spacial score (nSPS) is 12.6. The molecular formula is C15H11Cl2F3. The Kier molecular flexibility index (Phi) is 4.31. The minimum Gasteiger partial charge on any atom is -0.204 e. The number of aryl methyl sites for hydroxylation is 2. The zero-order valence-electron chi connectivity index (χ0n) is 10.8. The van der Waals surface area contributed by atoms with Crippen LogP contribution in [0.3, 0.4) is 0 Å². The molecule has 20 heavy (non-hydrogen) atoms. The number of rotatable bonds is 2. The quantitative estimate of drug-likeness (QED) is 0.492. The van der Waals surface area contributed by atoms with Gasteiger partial charge in [0.25, 0.3) is 0 Å². The van der Waals surface area contributed by atoms with Crippen LogP contribution in [0.4, 0.5) is 13.2 Å². The van der Waals surface area contributed by atoms with Crippen molar-refractivity contribution in [3.05, 3.63) is 69.0 Å². The van der Waals surface area contributed by atoms with E-state index >= 15 is 0 Å². The van der Waals surface area contributed by atoms with Crippen molar-refractivity contribution in [1.29, 1.82) is 0 Å². The summed E-state index contributed by atoms with van der Waals surface area (Å²) in [5.74, 6) is -4.02. The molecule has 0 fully saturated rings. The van der Waals surface area contributed by atoms with Crippen LogP contribution >= 0.6 is 23.2 Å². The Morgan fingerprint density at radius 3 is 2.20 bits per heavy atom. The molecule has 0 spiro atoms. The molecule has 0 saturated carbocycles. The maximum atomic E-state index is 13.8. The van der Waals surface area contributed by atoms with Crippen molar-refractivity contribution >= 4 is 23.2 Å². The molecule has 0 saturated heterocycles. The van der Waals surface area contributed by atoms with Gasteiger partial charge in [-0.15, -0.1) is 11.6 Å². The third-order valence-electron chi connectivity index (χ3n) is 3.16. The second-order valence-corrected chi connectivity index (χ2v) is 5.43. The van der Waals surface area contributed by atoms with Crippen molar-refractivity contribution in [2.75, 3.05) is 0 Å². The van der Waals surface area contributed by atoms with E-state index in [4.69, 9.17) is 23.2 Å². The zero-order valence-corrected chi connectivity index (χ0v) is 12.3. The van der Waals surface area contributed by atoms with Gasteiger partial charge in [0.05, 0.1) is 5.38 Å². The molecule has 0 amide bonds. The predicted molar refractivity (Wildman–Crippen MR) is 74.9 cm³/mol. The SMILES string of the molecule is Cc1cc(C(Cl)c2ccc(F)c(F)c2F)c(C)cc1Cl. The number of halogens is 5. The van der Waals surface area contributed by atoms with Crippen molar-refractivity contribution in [2.45, 2.75) is 19.2 Å². The maximum Gasteiger partial charge on any atom is 0.194 e. The van der Waals surface area contributed by atoms with E-state index in [1.807, 2.05) is 0 Å². The van der Waals surface area contributed by atoms with Crippen LogP contribution in [0.1, 0.15) is 27.6 Å². The van der Waals surface area contributed by atoms with Gasteiger partial charge in [0.15, 0.2) is 17.5 Å². The molecule has 0 bridgehead atoms. The van der Waals surface area contributed by atoms with Crippen LogP contribution in [0, 0.1) is 31.3 Å². The number of hydrogen-bond acceptors (Lipinski definition) is 0. The molecule has 0 aliphatic rings. The third kappa shape index (κ3) is 2.65. The van der Waals surface area contributed by atoms with Crippen molar-refractivity contribution in [2.24, 2.45) is 0 Å². The Bertz CT molecular complexity index is 667. The monoisotopic (exact) mass is 318 g/mol. The van der Waals surface area contributed by atoms with Crippen molar-refractivity contribution in [3.63, 3.8) is 0 Å². The first-order valence-corrected chi connectivity index (χ1v) is 6.68. The van der Waals surface area contributed by atoms with Gasteiger partial charge in [0.1, 0.15) is 0 Å². The molecule has 1 atom stereocenters. The van der Waals surface area contributed by atoms with Gasteiger partial charge in [0, 0.05) is 10.6 Å². The van der Waals surface area contributed by atoms with Gasteiger partial charge >= 0.3 is 0 Å². The van der Waals surface area contributed by atoms with Crippen molar-refractivity contribution in [1.82, 2.24) is 0 Å². The van der Waals surface area contributed by atoms with E-state index in [2.05, 4.69) is 0 Å². The van der Waals surface area contributed by atoms with E-state index in [0.29, 0.717) is 10.6 Å². The van der Waals surface area contributed by atoms with Gasteiger partial charge in [-0.1, -0.05) is 23.7 Å². The molecule has 0 N–H and O–H groups in total. The van der Waals surface area contributed by atoms with Crippen molar-refractivity contribution < 1.29 is 13.2 Å². The van der Waals surface area contributed by atoms with E-state index < -0.39 is 22.8 Å². The van der Waals surface area contributed by atoms with Gasteiger partial charge in [-0.05, 0) is 42.7 Å². The summed E-state index contributed by atoms with van der Waals surface area (Å²) in [6.07, 6.45) is 0. The zero-order chi connectivity index (χ0) is 15.0. The summed E-state index contributed by atoms with van der Waals surface area (Å²) in [6, 6.07) is 5.44. The molecule has 2 aromatic rings. The lowest BCUT2D eigenvalue weighted by Gasteiger charge is -2.16. The van der Waals surface area contributed by atoms with E-state index in [-0.39, 0.29) is 5.56 Å². The molecule has 2 rings (SSSR count). The summed E-state index contributed by atoms with van der Waals surface area (Å²) in [6.45, 7) is 3.56. The average molecular weight is 319 g/mol.